The molecule has 0 amide bonds. The molecule has 0 bridgehead atoms. The third-order valence-electron chi connectivity index (χ3n) is 2.39. The fourth-order valence-electron chi connectivity index (χ4n) is 1.38. The molecule has 1 N–H and O–H groups in total. The maximum atomic E-state index is 12.7. The van der Waals surface area contributed by atoms with Gasteiger partial charge in [0.25, 0.3) is 5.56 Å². The highest BCUT2D eigenvalue weighted by atomic mass is 19.1. The quantitative estimate of drug-likeness (QED) is 0.663. The Bertz CT molecular complexity index is 674. The number of H-pyrrole nitrogens is 1. The monoisotopic (exact) mass is 276 g/mol. The molecule has 0 spiro atoms. The summed E-state index contributed by atoms with van der Waals surface area (Å²) < 4.78 is 17.4. The van der Waals surface area contributed by atoms with Crippen molar-refractivity contribution in [3.05, 3.63) is 63.8 Å². The number of ketones is 1. The van der Waals surface area contributed by atoms with E-state index in [9.17, 15) is 18.8 Å². The number of aromatic nitrogens is 2. The van der Waals surface area contributed by atoms with Gasteiger partial charge in [0.1, 0.15) is 5.82 Å². The number of rotatable bonds is 4. The fourth-order valence-corrected chi connectivity index (χ4v) is 1.38. The summed E-state index contributed by atoms with van der Waals surface area (Å²) in [7, 11) is 0. The number of hydrogen-bond donors (Lipinski definition) is 1. The highest BCUT2D eigenvalue weighted by molar-refractivity contribution is 5.98. The van der Waals surface area contributed by atoms with Gasteiger partial charge in [0, 0.05) is 11.6 Å². The summed E-state index contributed by atoms with van der Waals surface area (Å²) in [5.74, 6) is -1.77. The van der Waals surface area contributed by atoms with E-state index >= 15 is 0 Å². The van der Waals surface area contributed by atoms with Crippen LogP contribution in [0.4, 0.5) is 4.39 Å². The predicted molar refractivity (Wildman–Crippen MR) is 65.9 cm³/mol. The van der Waals surface area contributed by atoms with Gasteiger partial charge in [0.05, 0.1) is 0 Å². The van der Waals surface area contributed by atoms with Gasteiger partial charge in [-0.05, 0) is 30.3 Å². The van der Waals surface area contributed by atoms with E-state index in [-0.39, 0.29) is 11.3 Å². The maximum absolute atomic E-state index is 12.7. The lowest BCUT2D eigenvalue weighted by Crippen LogP contribution is -2.17. The number of nitrogens with zero attached hydrogens (tertiary/aromatic N) is 1. The van der Waals surface area contributed by atoms with E-state index in [2.05, 4.69) is 10.2 Å². The standard InChI is InChI=1S/C13H9FN2O4/c14-9-3-1-8(2-4-9)11(17)7-20-13(19)10-5-6-12(18)16-15-10/h1-6H,7H2,(H,16,18). The Balaban J connectivity index is 1.96. The zero-order valence-corrected chi connectivity index (χ0v) is 10.1. The lowest BCUT2D eigenvalue weighted by molar-refractivity contribution is 0.0467. The van der Waals surface area contributed by atoms with Crippen LogP contribution in [0.25, 0.3) is 0 Å². The van der Waals surface area contributed by atoms with Crippen LogP contribution in [0.2, 0.25) is 0 Å². The zero-order valence-electron chi connectivity index (χ0n) is 10.1. The SMILES string of the molecule is O=C(COC(=O)c1ccc(=O)[nH]n1)c1ccc(F)cc1. The Morgan fingerprint density at radius 1 is 1.15 bits per heavy atom. The van der Waals surface area contributed by atoms with Crippen LogP contribution < -0.4 is 5.56 Å². The van der Waals surface area contributed by atoms with Gasteiger partial charge in [-0.3, -0.25) is 9.59 Å². The number of ether oxygens (including phenoxy) is 1. The minimum Gasteiger partial charge on any atom is -0.453 e. The predicted octanol–water partition coefficient (Wildman–Crippen LogP) is 0.949. The maximum Gasteiger partial charge on any atom is 0.359 e. The van der Waals surface area contributed by atoms with Gasteiger partial charge in [-0.1, -0.05) is 0 Å². The van der Waals surface area contributed by atoms with E-state index in [1.165, 1.54) is 18.2 Å². The summed E-state index contributed by atoms with van der Waals surface area (Å²) in [5.41, 5.74) is -0.339. The average Bonchev–Trinajstić information content (AvgIpc) is 2.46. The van der Waals surface area contributed by atoms with Gasteiger partial charge in [-0.25, -0.2) is 14.3 Å². The van der Waals surface area contributed by atoms with E-state index < -0.39 is 29.7 Å². The van der Waals surface area contributed by atoms with E-state index in [0.29, 0.717) is 0 Å². The van der Waals surface area contributed by atoms with Crippen LogP contribution in [0.5, 0.6) is 0 Å². The molecular formula is C13H9FN2O4. The number of halogens is 1. The van der Waals surface area contributed by atoms with E-state index in [1.807, 2.05) is 0 Å². The van der Waals surface area contributed by atoms with Crippen molar-refractivity contribution in [3.8, 4) is 0 Å². The van der Waals surface area contributed by atoms with Crippen molar-refractivity contribution in [1.82, 2.24) is 10.2 Å². The molecule has 0 aliphatic rings. The molecule has 0 aliphatic carbocycles. The summed E-state index contributed by atoms with van der Waals surface area (Å²) in [6.45, 7) is -0.495. The van der Waals surface area contributed by atoms with Crippen molar-refractivity contribution in [1.29, 1.82) is 0 Å². The molecule has 0 atom stereocenters. The second kappa shape index (κ2) is 5.87. The Hall–Kier alpha value is -2.83. The second-order valence-corrected chi connectivity index (χ2v) is 3.81. The van der Waals surface area contributed by atoms with E-state index in [4.69, 9.17) is 4.74 Å². The molecular weight excluding hydrogens is 267 g/mol. The van der Waals surface area contributed by atoms with Crippen molar-refractivity contribution in [2.24, 2.45) is 0 Å². The molecule has 0 aliphatic heterocycles. The van der Waals surface area contributed by atoms with Crippen LogP contribution in [-0.2, 0) is 4.74 Å². The van der Waals surface area contributed by atoms with Gasteiger partial charge in [-0.15, -0.1) is 0 Å². The summed E-state index contributed by atoms with van der Waals surface area (Å²) in [6.07, 6.45) is 0. The second-order valence-electron chi connectivity index (χ2n) is 3.81. The number of Topliss-reactive ketones (excluding diaryl/α,β-unsaturated/α-hetero) is 1. The molecule has 2 rings (SSSR count). The van der Waals surface area contributed by atoms with E-state index in [1.54, 1.807) is 0 Å². The topological polar surface area (TPSA) is 89.1 Å². The molecule has 0 unspecified atom stereocenters. The Kier molecular flexibility index (Phi) is 3.99. The van der Waals surface area contributed by atoms with Gasteiger partial charge in [0.15, 0.2) is 18.1 Å². The number of benzene rings is 1. The molecule has 20 heavy (non-hydrogen) atoms. The van der Waals surface area contributed by atoms with Crippen molar-refractivity contribution in [2.75, 3.05) is 6.61 Å². The normalized spacial score (nSPS) is 10.1. The first-order valence-electron chi connectivity index (χ1n) is 5.58. The van der Waals surface area contributed by atoms with Crippen molar-refractivity contribution in [3.63, 3.8) is 0 Å². The highest BCUT2D eigenvalue weighted by Gasteiger charge is 2.13. The number of esters is 1. The third kappa shape index (κ3) is 3.35. The summed E-state index contributed by atoms with van der Waals surface area (Å²) in [5, 5.41) is 5.54. The lowest BCUT2D eigenvalue weighted by atomic mass is 10.1. The molecule has 1 heterocycles. The molecule has 0 saturated heterocycles. The van der Waals surface area contributed by atoms with E-state index in [0.717, 1.165) is 18.2 Å². The average molecular weight is 276 g/mol. The minimum absolute atomic E-state index is 0.114. The largest absolute Gasteiger partial charge is 0.453 e. The molecule has 102 valence electrons. The van der Waals surface area contributed by atoms with Crippen LogP contribution in [-0.4, -0.2) is 28.6 Å². The van der Waals surface area contributed by atoms with Gasteiger partial charge < -0.3 is 4.74 Å². The first kappa shape index (κ1) is 13.6. The Morgan fingerprint density at radius 2 is 1.85 bits per heavy atom. The molecule has 0 saturated carbocycles. The summed E-state index contributed by atoms with van der Waals surface area (Å²) in [4.78, 5) is 34.0. The lowest BCUT2D eigenvalue weighted by Gasteiger charge is -2.03. The third-order valence-corrected chi connectivity index (χ3v) is 2.39. The Labute approximate surface area is 112 Å². The van der Waals surface area contributed by atoms with Crippen molar-refractivity contribution < 1.29 is 18.7 Å². The molecule has 0 fully saturated rings. The number of carbonyl (C=O) groups is 2. The number of aromatic amines is 1. The van der Waals surface area contributed by atoms with Gasteiger partial charge >= 0.3 is 5.97 Å². The number of hydrogen-bond acceptors (Lipinski definition) is 5. The molecule has 1 aromatic carbocycles. The van der Waals surface area contributed by atoms with Crippen LogP contribution in [0.15, 0.2) is 41.2 Å². The number of carbonyl (C=O) groups excluding carboxylic acids is 2. The van der Waals surface area contributed by atoms with Crippen LogP contribution in [0, 0.1) is 5.82 Å². The summed E-state index contributed by atoms with van der Waals surface area (Å²) >= 11 is 0. The minimum atomic E-state index is -0.836. The van der Waals surface area contributed by atoms with Crippen molar-refractivity contribution >= 4 is 11.8 Å². The number of nitrogens with one attached hydrogen (secondary N) is 1. The van der Waals surface area contributed by atoms with Crippen molar-refractivity contribution in [2.45, 2.75) is 0 Å². The van der Waals surface area contributed by atoms with Gasteiger partial charge in [-0.2, -0.15) is 5.10 Å². The smallest absolute Gasteiger partial charge is 0.359 e. The first-order valence-corrected chi connectivity index (χ1v) is 5.58. The summed E-state index contributed by atoms with van der Waals surface area (Å²) in [6, 6.07) is 7.17. The molecule has 1 aromatic heterocycles. The molecule has 7 heteroatoms. The van der Waals surface area contributed by atoms with Crippen LogP contribution in [0.3, 0.4) is 0 Å². The molecule has 6 nitrogen and oxygen atoms in total. The Morgan fingerprint density at radius 3 is 2.45 bits per heavy atom. The zero-order chi connectivity index (χ0) is 14.5. The molecule has 0 radical (unpaired) electrons. The fraction of sp³-hybridized carbons (Fsp3) is 0.0769. The van der Waals surface area contributed by atoms with Crippen LogP contribution >= 0.6 is 0 Å². The first-order chi connectivity index (χ1) is 9.56. The molecule has 2 aromatic rings. The van der Waals surface area contributed by atoms with Crippen LogP contribution in [0.1, 0.15) is 20.8 Å². The highest BCUT2D eigenvalue weighted by Crippen LogP contribution is 2.04. The van der Waals surface area contributed by atoms with Gasteiger partial charge in [0.2, 0.25) is 0 Å².